The van der Waals surface area contributed by atoms with E-state index in [1.165, 1.54) is 57.3 Å². The molecule has 8 aromatic rings. The first kappa shape index (κ1) is 77.9. The number of imide groups is 4. The first-order valence-corrected chi connectivity index (χ1v) is 39.7. The number of phenols is 2. The molecule has 0 saturated carbocycles. The largest absolute Gasteiger partial charge is 0.508 e. The molecule has 2 aliphatic carbocycles. The van der Waals surface area contributed by atoms with Crippen LogP contribution in [-0.4, -0.2) is 162 Å². The lowest BCUT2D eigenvalue weighted by Crippen LogP contribution is -2.54. The van der Waals surface area contributed by atoms with Crippen molar-refractivity contribution in [1.82, 2.24) is 30.7 Å². The normalized spacial score (nSPS) is 20.9. The van der Waals surface area contributed by atoms with Crippen LogP contribution in [0.4, 0.5) is 11.4 Å². The van der Waals surface area contributed by atoms with E-state index in [2.05, 4.69) is 168 Å². The lowest BCUT2D eigenvalue weighted by atomic mass is 9.69. The van der Waals surface area contributed by atoms with Crippen molar-refractivity contribution in [2.24, 2.45) is 0 Å². The number of hydrogen-bond acceptors (Lipinski definition) is 16. The minimum atomic E-state index is -0.961. The van der Waals surface area contributed by atoms with Crippen molar-refractivity contribution in [2.45, 2.75) is 126 Å². The SMILES string of the molecule is Cl.O=C1CCC(N2C(=O)c3ccc(N4CCN(CCCCCOc5ccc([C@@H]6c7ccc(O)cc7CC[C@@H]6c6ccccc6)cc5)CC4)cc3C2=O)C(=O)N1.O=C1CCC(N2C(=O)c3ccc(N4CCNCC4)cc3C2=O)C(=O)N1.Oc1ccc2c(c1)CC[C@H](c1ccccc1)[C@@H]2c1ccc(OCCCCCBr)cc1. The van der Waals surface area contributed by atoms with Gasteiger partial charge in [-0.15, -0.1) is 12.4 Å². The molecule has 16 rings (SSSR count). The number of piperidine rings is 2. The van der Waals surface area contributed by atoms with Crippen molar-refractivity contribution in [3.8, 4) is 23.0 Å². The second-order valence-electron chi connectivity index (χ2n) is 29.4. The third-order valence-electron chi connectivity index (χ3n) is 22.6. The number of fused-ring (bicyclic) bond motifs is 4. The average Bonchev–Trinajstić information content (AvgIpc) is 1.55. The van der Waals surface area contributed by atoms with E-state index in [0.717, 1.165) is 155 Å². The number of carbonyl (C=O) groups excluding carboxylic acids is 8. The number of nitrogens with one attached hydrogen (secondary N) is 3. The fraction of sp³-hybridized carbons (Fsp3) is 0.364. The van der Waals surface area contributed by atoms with Gasteiger partial charge in [-0.2, -0.15) is 0 Å². The number of halogens is 2. The van der Waals surface area contributed by atoms with E-state index in [9.17, 15) is 48.6 Å². The molecule has 5 N–H and O–H groups in total. The maximum Gasteiger partial charge on any atom is 0.262 e. The Morgan fingerprint density at radius 2 is 0.836 bits per heavy atom. The number of amides is 8. The number of phenolic OH excluding ortho intramolecular Hbond substituents is 2. The minimum absolute atomic E-state index is 0. The Morgan fingerprint density at radius 3 is 1.27 bits per heavy atom. The lowest BCUT2D eigenvalue weighted by Gasteiger charge is -2.36. The Balaban J connectivity index is 0.000000160. The van der Waals surface area contributed by atoms with Crippen LogP contribution in [0.15, 0.2) is 182 Å². The summed E-state index contributed by atoms with van der Waals surface area (Å²) in [4.78, 5) is 108. The minimum Gasteiger partial charge on any atom is -0.508 e. The van der Waals surface area contributed by atoms with Crippen molar-refractivity contribution in [3.63, 3.8) is 0 Å². The van der Waals surface area contributed by atoms with Crippen molar-refractivity contribution in [2.75, 3.05) is 87.2 Å². The van der Waals surface area contributed by atoms with Crippen molar-refractivity contribution in [3.05, 3.63) is 249 Å². The maximum atomic E-state index is 13.3. The Bertz CT molecular complexity index is 4650. The number of benzene rings is 8. The van der Waals surface area contributed by atoms with E-state index in [4.69, 9.17) is 9.47 Å². The number of aryl methyl sites for hydroxylation is 2. The van der Waals surface area contributed by atoms with E-state index in [1.807, 2.05) is 36.4 Å². The quantitative estimate of drug-likeness (QED) is 0.0255. The molecule has 110 heavy (non-hydrogen) atoms. The predicted molar refractivity (Wildman–Crippen MR) is 427 cm³/mol. The zero-order valence-corrected chi connectivity index (χ0v) is 64.1. The number of hydrogen-bond donors (Lipinski definition) is 5. The summed E-state index contributed by atoms with van der Waals surface area (Å²) in [6.07, 6.45) is 11.2. The molecule has 8 amide bonds. The topological polar surface area (TPSA) is 248 Å². The Hall–Kier alpha value is -10.2. The third kappa shape index (κ3) is 17.7. The van der Waals surface area contributed by atoms with E-state index in [0.29, 0.717) is 52.2 Å². The molecular formula is C88H94BrClN8O12. The standard InChI is InChI=1S/C44H46N4O6.C27H29BrO2.C17H18N4O4.ClH/c49-33-13-18-36-31(27-33)11-16-35(29-7-3-1-4-8-29)41(36)30-9-14-34(15-10-30)54-26-6-2-5-21-46-22-24-47(25-23-46)32-12-17-37-38(28-32)44(53)48(43(37)52)39-19-20-40(50)45-42(39)51;28-17-5-2-6-18-30-24-13-9-21(10-14-24)27-25(20-7-3-1-4-8-20)15-11-22-19-23(29)12-16-26(22)27;22-14-4-3-13(15(23)19-14)21-16(24)11-2-1-10(9-12(11)17(21)25)20-7-5-18-6-8-20;/h1,3-4,7-10,12-15,17-18,27-28,35,39,41,49H,2,5-6,11,16,19-26H2,(H,45,50,51);1,3-4,7-10,12-14,16,19,25,27,29H,2,5-6,11,15,17-18H2;1-2,9,13,18H,3-8H2,(H,19,22,23);1H/t35-,39?,41+;25-,27+;;/m11../s1. The Kier molecular flexibility index (Phi) is 25.6. The van der Waals surface area contributed by atoms with Gasteiger partial charge in [0.1, 0.15) is 35.1 Å². The highest BCUT2D eigenvalue weighted by Crippen LogP contribution is 2.49. The summed E-state index contributed by atoms with van der Waals surface area (Å²) in [5.41, 5.74) is 13.5. The van der Waals surface area contributed by atoms with Crippen LogP contribution in [0.2, 0.25) is 0 Å². The number of nitrogens with zero attached hydrogens (tertiary/aromatic N) is 5. The van der Waals surface area contributed by atoms with Gasteiger partial charge in [-0.05, 0) is 225 Å². The summed E-state index contributed by atoms with van der Waals surface area (Å²) in [5, 5.41) is 28.9. The summed E-state index contributed by atoms with van der Waals surface area (Å²) in [7, 11) is 0. The van der Waals surface area contributed by atoms with Crippen molar-refractivity contribution >= 4 is 87.0 Å². The smallest absolute Gasteiger partial charge is 0.262 e. The number of unbranched alkanes of at least 4 members (excludes halogenated alkanes) is 4. The van der Waals surface area contributed by atoms with Crippen LogP contribution in [0.5, 0.6) is 23.0 Å². The van der Waals surface area contributed by atoms with E-state index in [1.54, 1.807) is 24.3 Å². The van der Waals surface area contributed by atoms with Gasteiger partial charge in [0.15, 0.2) is 0 Å². The number of anilines is 2. The van der Waals surface area contributed by atoms with Gasteiger partial charge in [-0.25, -0.2) is 0 Å². The molecule has 4 fully saturated rings. The maximum absolute atomic E-state index is 13.3. The van der Waals surface area contributed by atoms with Crippen molar-refractivity contribution in [1.29, 1.82) is 0 Å². The van der Waals surface area contributed by atoms with E-state index in [-0.39, 0.29) is 61.7 Å². The van der Waals surface area contributed by atoms with Gasteiger partial charge in [-0.3, -0.25) is 63.7 Å². The van der Waals surface area contributed by atoms with Crippen LogP contribution in [-0.2, 0) is 32.0 Å². The third-order valence-corrected chi connectivity index (χ3v) is 23.2. The molecule has 0 bridgehead atoms. The predicted octanol–water partition coefficient (Wildman–Crippen LogP) is 13.1. The van der Waals surface area contributed by atoms with E-state index < -0.39 is 47.5 Å². The molecule has 0 radical (unpaired) electrons. The molecule has 6 atom stereocenters. The summed E-state index contributed by atoms with van der Waals surface area (Å²) < 4.78 is 12.1. The van der Waals surface area contributed by atoms with Gasteiger partial charge < -0.3 is 34.8 Å². The molecule has 0 spiro atoms. The highest BCUT2D eigenvalue weighted by atomic mass is 79.9. The zero-order valence-electron chi connectivity index (χ0n) is 61.7. The Labute approximate surface area is 656 Å². The van der Waals surface area contributed by atoms with Crippen LogP contribution in [0.25, 0.3) is 0 Å². The number of aromatic hydroxyl groups is 2. The summed E-state index contributed by atoms with van der Waals surface area (Å²) >= 11 is 3.47. The Morgan fingerprint density at radius 1 is 0.409 bits per heavy atom. The number of rotatable bonds is 21. The molecule has 0 aromatic heterocycles. The number of carbonyl (C=O) groups is 8. The molecule has 8 aliphatic rings. The number of ether oxygens (including phenoxy) is 2. The van der Waals surface area contributed by atoms with Crippen LogP contribution in [0.1, 0.15) is 187 Å². The fourth-order valence-corrected chi connectivity index (χ4v) is 17.3. The first-order chi connectivity index (χ1) is 53.2. The number of piperazine rings is 2. The molecule has 6 aliphatic heterocycles. The van der Waals surface area contributed by atoms with Crippen LogP contribution in [0, 0.1) is 0 Å². The second-order valence-corrected chi connectivity index (χ2v) is 30.2. The van der Waals surface area contributed by atoms with Gasteiger partial charge in [0.05, 0.1) is 35.5 Å². The fourth-order valence-electron chi connectivity index (χ4n) is 16.9. The molecule has 4 saturated heterocycles. The summed E-state index contributed by atoms with van der Waals surface area (Å²) in [5.74, 6) is -0.0400. The summed E-state index contributed by atoms with van der Waals surface area (Å²) in [6, 6.07) is 59.2. The molecular weight excluding hydrogens is 1480 g/mol. The van der Waals surface area contributed by atoms with Crippen molar-refractivity contribution < 1.29 is 58.0 Å². The van der Waals surface area contributed by atoms with Crippen LogP contribution in [0.3, 0.4) is 0 Å². The molecule has 20 nitrogen and oxygen atoms in total. The van der Waals surface area contributed by atoms with Crippen LogP contribution < -0.4 is 35.2 Å². The number of alkyl halides is 1. The van der Waals surface area contributed by atoms with Gasteiger partial charge in [0.2, 0.25) is 23.6 Å². The van der Waals surface area contributed by atoms with Gasteiger partial charge >= 0.3 is 0 Å². The molecule has 572 valence electrons. The second kappa shape index (κ2) is 36.1. The monoisotopic (exact) mass is 1570 g/mol. The van der Waals surface area contributed by atoms with Gasteiger partial charge in [-0.1, -0.05) is 113 Å². The van der Waals surface area contributed by atoms with Gasteiger partial charge in [0.25, 0.3) is 23.6 Å². The molecule has 22 heteroatoms. The zero-order chi connectivity index (χ0) is 75.5. The highest BCUT2D eigenvalue weighted by Gasteiger charge is 2.47. The lowest BCUT2D eigenvalue weighted by molar-refractivity contribution is -0.137. The van der Waals surface area contributed by atoms with Crippen LogP contribution >= 0.6 is 28.3 Å². The van der Waals surface area contributed by atoms with Gasteiger partial charge in [0, 0.05) is 93.7 Å². The molecule has 8 aromatic carbocycles. The first-order valence-electron chi connectivity index (χ1n) is 38.6. The molecule has 6 heterocycles. The summed E-state index contributed by atoms with van der Waals surface area (Å²) in [6.45, 7) is 9.31. The highest BCUT2D eigenvalue weighted by molar-refractivity contribution is 9.09. The average molecular weight is 1570 g/mol. The van der Waals surface area contributed by atoms with E-state index >= 15 is 0 Å². The molecule has 2 unspecified atom stereocenters.